The van der Waals surface area contributed by atoms with Crippen LogP contribution in [0.5, 0.6) is 0 Å². The van der Waals surface area contributed by atoms with E-state index in [9.17, 15) is 0 Å². The molecule has 0 fully saturated rings. The summed E-state index contributed by atoms with van der Waals surface area (Å²) in [6.07, 6.45) is 0. The predicted octanol–water partition coefficient (Wildman–Crippen LogP) is 21.8. The summed E-state index contributed by atoms with van der Waals surface area (Å²) in [6.45, 7) is 0. The van der Waals surface area contributed by atoms with Crippen LogP contribution < -0.4 is 4.90 Å². The summed E-state index contributed by atoms with van der Waals surface area (Å²) >= 11 is 0. The molecule has 0 radical (unpaired) electrons. The first kappa shape index (κ1) is 47.5. The van der Waals surface area contributed by atoms with Gasteiger partial charge in [-0.2, -0.15) is 0 Å². The predicted molar refractivity (Wildman–Crippen MR) is 343 cm³/mol. The highest BCUT2D eigenvalue weighted by Crippen LogP contribution is 2.62. The number of hydrogen-bond acceptors (Lipinski definition) is 1. The summed E-state index contributed by atoms with van der Waals surface area (Å²) < 4.78 is 0. The zero-order chi connectivity index (χ0) is 53.6. The van der Waals surface area contributed by atoms with Gasteiger partial charge in [0.2, 0.25) is 0 Å². The number of nitrogens with zero attached hydrogens (tertiary/aromatic N) is 1. The van der Waals surface area contributed by atoms with E-state index < -0.39 is 0 Å². The van der Waals surface area contributed by atoms with Gasteiger partial charge in [-0.1, -0.05) is 285 Å². The molecule has 0 atom stereocenters. The van der Waals surface area contributed by atoms with Gasteiger partial charge in [-0.3, -0.25) is 0 Å². The third-order valence-electron chi connectivity index (χ3n) is 16.2. The second kappa shape index (κ2) is 20.2. The Morgan fingerprint density at radius 3 is 1.00 bits per heavy atom. The smallest absolute Gasteiger partial charge is 0.0632 e. The van der Waals surface area contributed by atoms with Gasteiger partial charge in [0.05, 0.1) is 28.1 Å². The second-order valence-electron chi connectivity index (χ2n) is 20.8. The zero-order valence-electron chi connectivity index (χ0n) is 44.4. The van der Waals surface area contributed by atoms with E-state index in [-0.39, 0.29) is 0 Å². The van der Waals surface area contributed by atoms with Crippen molar-refractivity contribution in [1.29, 1.82) is 0 Å². The summed E-state index contributed by atoms with van der Waals surface area (Å²) in [6, 6.07) is 113. The topological polar surface area (TPSA) is 34.8 Å². The van der Waals surface area contributed by atoms with Gasteiger partial charge < -0.3 is 14.9 Å². The Kier molecular flexibility index (Phi) is 11.9. The Morgan fingerprint density at radius 1 is 0.198 bits per heavy atom. The van der Waals surface area contributed by atoms with Gasteiger partial charge >= 0.3 is 0 Å². The number of anilines is 3. The molecule has 380 valence electrons. The van der Waals surface area contributed by atoms with E-state index in [1.165, 1.54) is 10.8 Å². The van der Waals surface area contributed by atoms with Crippen molar-refractivity contribution in [2.24, 2.45) is 0 Å². The number of para-hydroxylation sites is 6. The molecule has 0 unspecified atom stereocenters. The molecule has 2 heterocycles. The lowest BCUT2D eigenvalue weighted by Gasteiger charge is -2.37. The van der Waals surface area contributed by atoms with Gasteiger partial charge in [-0.05, 0) is 68.8 Å². The fraction of sp³-hybridized carbons (Fsp3) is 0. The monoisotopic (exact) mass is 1030 g/mol. The van der Waals surface area contributed by atoms with Crippen molar-refractivity contribution in [2.75, 3.05) is 4.90 Å². The van der Waals surface area contributed by atoms with Crippen LogP contribution in [0.4, 0.5) is 17.1 Å². The number of nitrogens with one attached hydrogen (secondary N) is 2. The van der Waals surface area contributed by atoms with E-state index in [4.69, 9.17) is 0 Å². The van der Waals surface area contributed by atoms with Crippen molar-refractivity contribution in [3.05, 3.63) is 309 Å². The Morgan fingerprint density at radius 2 is 0.519 bits per heavy atom. The standard InChI is InChI=1S/C78H53N3/c1-6-28-52(29-7-1)57-38-16-17-43-62(57)73-71(55-34-12-4-13-35-55)72(56-36-14-5-15-37-56)78(81(69-50-24-20-39-58(69)53-30-8-2-9-31-53)70-51-25-21-40-59(70)54-32-10-3-11-33-54)75(66-47-27-45-64-61-42-19-23-49-68(61)80-77(64)66)74(73)65-46-26-44-63-60-41-18-22-48-67(60)79-76(63)65/h1-51,79-80H. The van der Waals surface area contributed by atoms with Crippen LogP contribution in [0, 0.1) is 0 Å². The van der Waals surface area contributed by atoms with Crippen molar-refractivity contribution in [3.63, 3.8) is 0 Å². The van der Waals surface area contributed by atoms with Crippen molar-refractivity contribution >= 4 is 60.7 Å². The first-order chi connectivity index (χ1) is 40.3. The minimum Gasteiger partial charge on any atom is -0.354 e. The molecule has 15 rings (SSSR count). The third-order valence-corrected chi connectivity index (χ3v) is 16.2. The fourth-order valence-electron chi connectivity index (χ4n) is 12.7. The third kappa shape index (κ3) is 8.13. The molecule has 0 amide bonds. The van der Waals surface area contributed by atoms with Crippen LogP contribution >= 0.6 is 0 Å². The maximum Gasteiger partial charge on any atom is 0.0632 e. The number of aromatic amines is 2. The molecular weight excluding hydrogens is 979 g/mol. The molecule has 13 aromatic carbocycles. The molecule has 0 saturated carbocycles. The normalized spacial score (nSPS) is 11.5. The van der Waals surface area contributed by atoms with E-state index in [1.807, 2.05) is 0 Å². The molecule has 3 nitrogen and oxygen atoms in total. The Labute approximate surface area is 471 Å². The van der Waals surface area contributed by atoms with Crippen LogP contribution in [0.2, 0.25) is 0 Å². The van der Waals surface area contributed by atoms with Crippen LogP contribution in [-0.4, -0.2) is 9.97 Å². The first-order valence-corrected chi connectivity index (χ1v) is 27.8. The van der Waals surface area contributed by atoms with Crippen molar-refractivity contribution in [3.8, 4) is 89.0 Å². The summed E-state index contributed by atoms with van der Waals surface area (Å²) in [4.78, 5) is 10.8. The molecule has 2 aromatic heterocycles. The first-order valence-electron chi connectivity index (χ1n) is 27.8. The molecule has 3 heteroatoms. The molecule has 0 bridgehead atoms. The van der Waals surface area contributed by atoms with Crippen LogP contribution in [-0.2, 0) is 0 Å². The molecule has 15 aromatic rings. The summed E-state index contributed by atoms with van der Waals surface area (Å²) in [7, 11) is 0. The van der Waals surface area contributed by atoms with E-state index in [1.54, 1.807) is 0 Å². The Hall–Kier alpha value is -10.7. The number of benzene rings is 13. The van der Waals surface area contributed by atoms with Gasteiger partial charge in [0.1, 0.15) is 0 Å². The molecule has 2 N–H and O–H groups in total. The van der Waals surface area contributed by atoms with Crippen molar-refractivity contribution in [2.45, 2.75) is 0 Å². The molecule has 0 spiro atoms. The molecular formula is C78H53N3. The number of aromatic nitrogens is 2. The van der Waals surface area contributed by atoms with E-state index in [0.717, 1.165) is 139 Å². The minimum atomic E-state index is 1.04. The van der Waals surface area contributed by atoms with Crippen LogP contribution in [0.25, 0.3) is 133 Å². The quantitative estimate of drug-likeness (QED) is 0.133. The summed E-state index contributed by atoms with van der Waals surface area (Å²) in [5, 5.41) is 4.68. The Bertz CT molecular complexity index is 4710. The number of hydrogen-bond donors (Lipinski definition) is 2. The van der Waals surface area contributed by atoms with Crippen molar-refractivity contribution < 1.29 is 0 Å². The molecule has 0 saturated heterocycles. The molecule has 0 aliphatic heterocycles. The largest absolute Gasteiger partial charge is 0.354 e. The Balaban J connectivity index is 1.27. The lowest BCUT2D eigenvalue weighted by molar-refractivity contribution is 1.28. The van der Waals surface area contributed by atoms with Gasteiger partial charge in [0.15, 0.2) is 0 Å². The SMILES string of the molecule is c1ccc(-c2ccccc2-c2c(-c3ccccc3)c(-c3ccccc3)c(N(c3ccccc3-c3ccccc3)c3ccccc3-c3ccccc3)c(-c3cccc4c3[nH]c3ccccc34)c2-c2cccc3c2[nH]c2ccccc23)cc1. The lowest BCUT2D eigenvalue weighted by atomic mass is 9.75. The highest BCUT2D eigenvalue weighted by Gasteiger charge is 2.36. The van der Waals surface area contributed by atoms with Crippen LogP contribution in [0.1, 0.15) is 0 Å². The molecule has 81 heavy (non-hydrogen) atoms. The van der Waals surface area contributed by atoms with Crippen LogP contribution in [0.15, 0.2) is 309 Å². The number of rotatable bonds is 11. The number of fused-ring (bicyclic) bond motifs is 6. The van der Waals surface area contributed by atoms with E-state index in [0.29, 0.717) is 0 Å². The average molecular weight is 1030 g/mol. The summed E-state index contributed by atoms with van der Waals surface area (Å²) in [5.41, 5.74) is 25.2. The average Bonchev–Trinajstić information content (AvgIpc) is 4.27. The van der Waals surface area contributed by atoms with Crippen molar-refractivity contribution in [1.82, 2.24) is 9.97 Å². The maximum atomic E-state index is 4.08. The molecule has 0 aliphatic carbocycles. The van der Waals surface area contributed by atoms with E-state index in [2.05, 4.69) is 324 Å². The van der Waals surface area contributed by atoms with Gasteiger partial charge in [-0.15, -0.1) is 0 Å². The second-order valence-corrected chi connectivity index (χ2v) is 20.8. The van der Waals surface area contributed by atoms with E-state index >= 15 is 0 Å². The highest BCUT2D eigenvalue weighted by atomic mass is 15.2. The van der Waals surface area contributed by atoms with Gasteiger partial charge in [-0.25, -0.2) is 0 Å². The summed E-state index contributed by atoms with van der Waals surface area (Å²) in [5.74, 6) is 0. The van der Waals surface area contributed by atoms with Gasteiger partial charge in [0, 0.05) is 77.1 Å². The van der Waals surface area contributed by atoms with Gasteiger partial charge in [0.25, 0.3) is 0 Å². The molecule has 0 aliphatic rings. The highest BCUT2D eigenvalue weighted by molar-refractivity contribution is 6.24. The van der Waals surface area contributed by atoms with Crippen LogP contribution in [0.3, 0.4) is 0 Å². The minimum absolute atomic E-state index is 1.04. The fourth-order valence-corrected chi connectivity index (χ4v) is 12.7. The maximum absolute atomic E-state index is 4.08. The lowest BCUT2D eigenvalue weighted by Crippen LogP contribution is -2.17. The number of H-pyrrole nitrogens is 2. The zero-order valence-corrected chi connectivity index (χ0v) is 44.4.